The first-order valence-corrected chi connectivity index (χ1v) is 9.86. The van der Waals surface area contributed by atoms with Crippen LogP contribution in [0.3, 0.4) is 0 Å². The van der Waals surface area contributed by atoms with Crippen LogP contribution in [0.15, 0.2) is 59.8 Å². The average molecular weight is 429 g/mol. The van der Waals surface area contributed by atoms with Gasteiger partial charge in [0.1, 0.15) is 0 Å². The predicted molar refractivity (Wildman–Crippen MR) is 112 cm³/mol. The number of non-ortho nitro benzene ring substituents is 1. The van der Waals surface area contributed by atoms with Crippen molar-refractivity contribution in [3.63, 3.8) is 0 Å². The fourth-order valence-corrected chi connectivity index (χ4v) is 3.83. The molecular formula is C22H21ClN2O5. The van der Waals surface area contributed by atoms with Crippen molar-refractivity contribution in [3.8, 4) is 0 Å². The van der Waals surface area contributed by atoms with Crippen molar-refractivity contribution in [1.29, 1.82) is 0 Å². The maximum Gasteiger partial charge on any atom is 0.336 e. The van der Waals surface area contributed by atoms with E-state index in [4.69, 9.17) is 16.3 Å². The van der Waals surface area contributed by atoms with Crippen molar-refractivity contribution >= 4 is 29.2 Å². The molecule has 2 aromatic carbocycles. The summed E-state index contributed by atoms with van der Waals surface area (Å²) in [5.74, 6) is -1.15. The van der Waals surface area contributed by atoms with Crippen LogP contribution >= 0.6 is 11.6 Å². The number of ether oxygens (including phenoxy) is 1. The van der Waals surface area contributed by atoms with E-state index in [1.165, 1.54) is 17.0 Å². The van der Waals surface area contributed by atoms with Gasteiger partial charge in [0.25, 0.3) is 5.69 Å². The Kier molecular flexibility index (Phi) is 6.52. The molecule has 1 heterocycles. The molecule has 1 aliphatic rings. The van der Waals surface area contributed by atoms with Gasteiger partial charge in [-0.1, -0.05) is 35.9 Å². The molecule has 0 radical (unpaired) electrons. The van der Waals surface area contributed by atoms with Gasteiger partial charge in [-0.25, -0.2) is 4.79 Å². The molecule has 0 fully saturated rings. The minimum atomic E-state index is -0.489. The van der Waals surface area contributed by atoms with Gasteiger partial charge < -0.3 is 9.64 Å². The number of hydrogen-bond donors (Lipinski definition) is 0. The molecule has 0 spiro atoms. The van der Waals surface area contributed by atoms with Crippen LogP contribution in [-0.4, -0.2) is 28.3 Å². The smallest absolute Gasteiger partial charge is 0.336 e. The number of rotatable bonds is 6. The van der Waals surface area contributed by atoms with Crippen LogP contribution in [0.25, 0.3) is 0 Å². The minimum absolute atomic E-state index is 0.0546. The van der Waals surface area contributed by atoms with Crippen molar-refractivity contribution in [2.75, 3.05) is 6.61 Å². The van der Waals surface area contributed by atoms with Crippen LogP contribution in [0.2, 0.25) is 5.02 Å². The molecule has 0 N–H and O–H groups in total. The molecule has 0 aromatic heterocycles. The summed E-state index contributed by atoms with van der Waals surface area (Å²) in [6, 6.07) is 13.2. The molecule has 0 aliphatic carbocycles. The van der Waals surface area contributed by atoms with Crippen molar-refractivity contribution in [2.24, 2.45) is 0 Å². The monoisotopic (exact) mass is 428 g/mol. The van der Waals surface area contributed by atoms with Crippen LogP contribution in [0.4, 0.5) is 5.69 Å². The SMILES string of the molecule is CCOC(=O)C1=C(C)N(Cc2cccc([N+](=O)[O-])c2)C(=O)CC1c1cccc(Cl)c1. The zero-order valence-corrected chi connectivity index (χ0v) is 17.4. The van der Waals surface area contributed by atoms with Gasteiger partial charge in [0, 0.05) is 35.2 Å². The maximum absolute atomic E-state index is 13.0. The van der Waals surface area contributed by atoms with E-state index in [0.717, 1.165) is 5.56 Å². The Morgan fingerprint density at radius 3 is 2.67 bits per heavy atom. The lowest BCUT2D eigenvalue weighted by Gasteiger charge is -2.34. The molecule has 1 aliphatic heterocycles. The topological polar surface area (TPSA) is 89.8 Å². The van der Waals surface area contributed by atoms with Crippen molar-refractivity contribution in [2.45, 2.75) is 32.7 Å². The number of hydrogen-bond acceptors (Lipinski definition) is 5. The number of nitrogens with zero attached hydrogens (tertiary/aromatic N) is 2. The Morgan fingerprint density at radius 1 is 1.27 bits per heavy atom. The van der Waals surface area contributed by atoms with Crippen LogP contribution in [0, 0.1) is 10.1 Å². The standard InChI is InChI=1S/C22H21ClN2O5/c1-3-30-22(27)21-14(2)24(13-15-6-4-9-18(10-15)25(28)29)20(26)12-19(21)16-7-5-8-17(23)11-16/h4-11,19H,3,12-13H2,1-2H3. The highest BCUT2D eigenvalue weighted by atomic mass is 35.5. The lowest BCUT2D eigenvalue weighted by atomic mass is 9.83. The highest BCUT2D eigenvalue weighted by molar-refractivity contribution is 6.30. The number of esters is 1. The van der Waals surface area contributed by atoms with E-state index in [0.29, 0.717) is 21.9 Å². The van der Waals surface area contributed by atoms with Gasteiger partial charge >= 0.3 is 5.97 Å². The van der Waals surface area contributed by atoms with Crippen LogP contribution in [0.5, 0.6) is 0 Å². The number of nitro groups is 1. The van der Waals surface area contributed by atoms with E-state index >= 15 is 0 Å². The summed E-state index contributed by atoms with van der Waals surface area (Å²) in [7, 11) is 0. The van der Waals surface area contributed by atoms with E-state index in [2.05, 4.69) is 0 Å². The van der Waals surface area contributed by atoms with Crippen LogP contribution < -0.4 is 0 Å². The first-order valence-electron chi connectivity index (χ1n) is 9.48. The normalized spacial score (nSPS) is 16.6. The molecular weight excluding hydrogens is 408 g/mol. The van der Waals surface area contributed by atoms with Gasteiger partial charge in [0.15, 0.2) is 0 Å². The van der Waals surface area contributed by atoms with E-state index < -0.39 is 16.8 Å². The maximum atomic E-state index is 13.0. The Labute approximate surface area is 179 Å². The molecule has 8 heteroatoms. The molecule has 2 aromatic rings. The number of carbonyl (C=O) groups is 2. The predicted octanol–water partition coefficient (Wildman–Crippen LogP) is 4.60. The first kappa shape index (κ1) is 21.5. The second kappa shape index (κ2) is 9.09. The average Bonchev–Trinajstić information content (AvgIpc) is 2.71. The molecule has 1 amide bonds. The number of benzene rings is 2. The molecule has 30 heavy (non-hydrogen) atoms. The molecule has 1 unspecified atom stereocenters. The van der Waals surface area contributed by atoms with Crippen LogP contribution in [-0.2, 0) is 20.9 Å². The van der Waals surface area contributed by atoms with E-state index in [-0.39, 0.29) is 31.2 Å². The summed E-state index contributed by atoms with van der Waals surface area (Å²) >= 11 is 6.12. The summed E-state index contributed by atoms with van der Waals surface area (Å²) in [4.78, 5) is 37.8. The fraction of sp³-hybridized carbons (Fsp3) is 0.273. The quantitative estimate of drug-likeness (QED) is 0.381. The summed E-state index contributed by atoms with van der Waals surface area (Å²) in [6.07, 6.45) is 0.0702. The third-order valence-corrected chi connectivity index (χ3v) is 5.27. The van der Waals surface area contributed by atoms with Gasteiger partial charge in [-0.15, -0.1) is 0 Å². The number of halogens is 1. The number of nitro benzene ring substituents is 1. The summed E-state index contributed by atoms with van der Waals surface area (Å²) in [5.41, 5.74) is 2.17. The molecule has 0 saturated heterocycles. The number of amides is 1. The second-order valence-corrected chi connectivity index (χ2v) is 7.37. The number of carbonyl (C=O) groups excluding carboxylic acids is 2. The highest BCUT2D eigenvalue weighted by Gasteiger charge is 2.37. The van der Waals surface area contributed by atoms with E-state index in [1.807, 2.05) is 6.07 Å². The van der Waals surface area contributed by atoms with Gasteiger partial charge in [0.05, 0.1) is 23.6 Å². The molecule has 0 bridgehead atoms. The Hall–Kier alpha value is -3.19. The second-order valence-electron chi connectivity index (χ2n) is 6.94. The lowest BCUT2D eigenvalue weighted by Crippen LogP contribution is -2.38. The highest BCUT2D eigenvalue weighted by Crippen LogP contribution is 2.38. The van der Waals surface area contributed by atoms with Gasteiger partial charge in [-0.05, 0) is 37.1 Å². The molecule has 1 atom stereocenters. The third-order valence-electron chi connectivity index (χ3n) is 5.03. The Balaban J connectivity index is 2.03. The van der Waals surface area contributed by atoms with Crippen molar-refractivity contribution in [1.82, 2.24) is 4.90 Å². The zero-order chi connectivity index (χ0) is 21.8. The fourth-order valence-electron chi connectivity index (χ4n) is 3.64. The zero-order valence-electron chi connectivity index (χ0n) is 16.6. The first-order chi connectivity index (χ1) is 14.3. The summed E-state index contributed by atoms with van der Waals surface area (Å²) in [5, 5.41) is 11.6. The minimum Gasteiger partial charge on any atom is -0.463 e. The number of allylic oxidation sites excluding steroid dienone is 1. The summed E-state index contributed by atoms with van der Waals surface area (Å²) < 4.78 is 5.26. The van der Waals surface area contributed by atoms with Crippen molar-refractivity contribution < 1.29 is 19.2 Å². The molecule has 0 saturated carbocycles. The largest absolute Gasteiger partial charge is 0.463 e. The summed E-state index contributed by atoms with van der Waals surface area (Å²) in [6.45, 7) is 3.74. The Morgan fingerprint density at radius 2 is 2.00 bits per heavy atom. The molecule has 3 rings (SSSR count). The van der Waals surface area contributed by atoms with Gasteiger partial charge in [0.2, 0.25) is 5.91 Å². The molecule has 156 valence electrons. The van der Waals surface area contributed by atoms with E-state index in [9.17, 15) is 19.7 Å². The van der Waals surface area contributed by atoms with Crippen molar-refractivity contribution in [3.05, 3.63) is 86.1 Å². The Bertz CT molecular complexity index is 1030. The molecule has 7 nitrogen and oxygen atoms in total. The van der Waals surface area contributed by atoms with Crippen LogP contribution in [0.1, 0.15) is 37.3 Å². The van der Waals surface area contributed by atoms with E-state index in [1.54, 1.807) is 44.2 Å². The van der Waals surface area contributed by atoms with Gasteiger partial charge in [-0.3, -0.25) is 14.9 Å². The van der Waals surface area contributed by atoms with Gasteiger partial charge in [-0.2, -0.15) is 0 Å². The third kappa shape index (κ3) is 4.52. The lowest BCUT2D eigenvalue weighted by molar-refractivity contribution is -0.384.